The highest BCUT2D eigenvalue weighted by molar-refractivity contribution is 7.99. The number of hydrogen-bond donors (Lipinski definition) is 2. The Morgan fingerprint density at radius 3 is 2.16 bits per heavy atom. The molecule has 1 unspecified atom stereocenters. The largest absolute Gasteiger partial charge is 0.501 e. The molecule has 22 heteroatoms. The molecule has 4 aromatic carbocycles. The molecule has 3 heterocycles. The van der Waals surface area contributed by atoms with E-state index in [1.165, 1.54) is 40.6 Å². The summed E-state index contributed by atoms with van der Waals surface area (Å²) in [7, 11) is -11.0. The second kappa shape index (κ2) is 25.5. The monoisotopic (exact) mass is 1170 g/mol. The molecule has 0 bridgehead atoms. The summed E-state index contributed by atoms with van der Waals surface area (Å²) < 4.78 is 110. The van der Waals surface area contributed by atoms with Crippen molar-refractivity contribution in [3.05, 3.63) is 119 Å². The van der Waals surface area contributed by atoms with Crippen LogP contribution in [0, 0.1) is 5.41 Å². The first-order valence-corrected chi connectivity index (χ1v) is 31.2. The number of sulfonamides is 1. The molecule has 0 aromatic heterocycles. The van der Waals surface area contributed by atoms with Gasteiger partial charge in [0, 0.05) is 118 Å². The van der Waals surface area contributed by atoms with Crippen LogP contribution in [-0.2, 0) is 29.3 Å². The first kappa shape index (κ1) is 60.2. The molecule has 2 amide bonds. The number of nitrogens with zero attached hydrogens (tertiary/aromatic N) is 5. The zero-order valence-electron chi connectivity index (χ0n) is 45.6. The number of carbonyl (C=O) groups is 2. The van der Waals surface area contributed by atoms with E-state index in [-0.39, 0.29) is 23.2 Å². The van der Waals surface area contributed by atoms with Crippen LogP contribution in [0.3, 0.4) is 0 Å². The molecule has 1 aliphatic carbocycles. The highest BCUT2D eigenvalue weighted by Gasteiger charge is 2.49. The molecule has 2 N–H and O–H groups in total. The molecule has 8 rings (SSSR count). The van der Waals surface area contributed by atoms with Crippen molar-refractivity contribution in [1.29, 1.82) is 0 Å². The Kier molecular flexibility index (Phi) is 19.4. The van der Waals surface area contributed by atoms with Crippen molar-refractivity contribution >= 4 is 72.2 Å². The molecule has 4 aliphatic rings. The van der Waals surface area contributed by atoms with Gasteiger partial charge in [-0.25, -0.2) is 26.4 Å². The number of nitrogens with one attached hydrogen (secondary N) is 2. The summed E-state index contributed by atoms with van der Waals surface area (Å²) in [5.41, 5.74) is -1.95. The number of rotatable bonds is 18. The van der Waals surface area contributed by atoms with E-state index in [1.807, 2.05) is 74.9 Å². The van der Waals surface area contributed by atoms with Crippen LogP contribution in [0.15, 0.2) is 117 Å². The molecule has 3 saturated heterocycles. The summed E-state index contributed by atoms with van der Waals surface area (Å²) in [6.07, 6.45) is 3.04. The fraction of sp³-hybridized carbons (Fsp3) is 0.509. The molecule has 79 heavy (non-hydrogen) atoms. The van der Waals surface area contributed by atoms with E-state index in [0.717, 1.165) is 81.2 Å². The lowest BCUT2D eigenvalue weighted by molar-refractivity contribution is -0.0436. The van der Waals surface area contributed by atoms with E-state index >= 15 is 0 Å². The minimum atomic E-state index is -6.09. The minimum Gasteiger partial charge on any atom is -0.444 e. The fourth-order valence-electron chi connectivity index (χ4n) is 10.8. The molecule has 0 radical (unpaired) electrons. The molecule has 430 valence electrons. The van der Waals surface area contributed by atoms with Gasteiger partial charge in [0.25, 0.3) is 25.8 Å². The van der Waals surface area contributed by atoms with Crippen LogP contribution in [0.25, 0.3) is 5.57 Å². The third kappa shape index (κ3) is 16.2. The third-order valence-corrected chi connectivity index (χ3v) is 19.2. The zero-order chi connectivity index (χ0) is 56.8. The molecular formula is C57H73ClF3N7O8S3. The smallest absolute Gasteiger partial charge is 0.444 e. The summed E-state index contributed by atoms with van der Waals surface area (Å²) in [5.74, 6) is -0.686. The first-order valence-electron chi connectivity index (χ1n) is 26.9. The number of ether oxygens (including phenoxy) is 2. The Hall–Kier alpha value is -4.87. The number of halogens is 4. The number of allylic oxidation sites excluding steroid dienone is 1. The maximum Gasteiger partial charge on any atom is 0.501 e. The van der Waals surface area contributed by atoms with Gasteiger partial charge in [-0.2, -0.15) is 13.2 Å². The van der Waals surface area contributed by atoms with Gasteiger partial charge in [0.05, 0.1) is 23.3 Å². The number of benzene rings is 4. The Morgan fingerprint density at radius 1 is 0.848 bits per heavy atom. The van der Waals surface area contributed by atoms with Gasteiger partial charge in [-0.05, 0) is 137 Å². The summed E-state index contributed by atoms with van der Waals surface area (Å²) >= 11 is 7.77. The van der Waals surface area contributed by atoms with Crippen LogP contribution in [0.4, 0.5) is 29.3 Å². The number of amides is 2. The topological polar surface area (TPSA) is 161 Å². The molecule has 15 nitrogen and oxygen atoms in total. The highest BCUT2D eigenvalue weighted by Crippen LogP contribution is 2.44. The lowest BCUT2D eigenvalue weighted by Gasteiger charge is -2.44. The number of thioether (sulfide) groups is 1. The van der Waals surface area contributed by atoms with Crippen molar-refractivity contribution in [2.45, 2.75) is 98.2 Å². The molecular weight excluding hydrogens is 1100 g/mol. The predicted molar refractivity (Wildman–Crippen MR) is 305 cm³/mol. The van der Waals surface area contributed by atoms with Gasteiger partial charge < -0.3 is 24.6 Å². The lowest BCUT2D eigenvalue weighted by Crippen LogP contribution is -2.52. The van der Waals surface area contributed by atoms with Crippen LogP contribution in [0.1, 0.15) is 76.2 Å². The van der Waals surface area contributed by atoms with Gasteiger partial charge in [-0.15, -0.1) is 11.8 Å². The second-order valence-electron chi connectivity index (χ2n) is 22.4. The number of sulfone groups is 1. The third-order valence-electron chi connectivity index (χ3n) is 14.9. The Bertz CT molecular complexity index is 3010. The molecule has 3 aliphatic heterocycles. The Morgan fingerprint density at radius 2 is 1.52 bits per heavy atom. The first-order chi connectivity index (χ1) is 37.3. The van der Waals surface area contributed by atoms with Crippen molar-refractivity contribution in [3.8, 4) is 0 Å². The van der Waals surface area contributed by atoms with Crippen molar-refractivity contribution in [2.24, 2.45) is 5.41 Å². The predicted octanol–water partition coefficient (Wildman–Crippen LogP) is 9.75. The Labute approximate surface area is 473 Å². The standard InChI is InChI=1S/C57H73ClF3N7O8S3/c1-41-37-64(33-34-75-41)24-22-46(39-77-48-9-7-6-8-10-48)62-51-20-19-49(35-52(51)78(71,72)57(59,60)61)79(73,74)63-53(69)43-13-17-47(18-14-43)67-29-25-65(26-30-67)38-44-36-56(5,23-21-50(44)42-11-15-45(58)16-12-42)40-66-27-31-68(32-28-66)54(70)76-55(2,3)4/h6-20,35,41,46,62H,21-34,36-40H2,1-5H3,(H,63,69)/t41?,46-,56-/m1/s1. The summed E-state index contributed by atoms with van der Waals surface area (Å²) in [6, 6.07) is 25.7. The molecule has 3 atom stereocenters. The maximum absolute atomic E-state index is 14.3. The minimum absolute atomic E-state index is 0.00341. The number of morpholine rings is 1. The molecule has 4 aromatic rings. The summed E-state index contributed by atoms with van der Waals surface area (Å²) in [5, 5.41) is 3.70. The van der Waals surface area contributed by atoms with E-state index in [4.69, 9.17) is 21.1 Å². The van der Waals surface area contributed by atoms with E-state index in [9.17, 15) is 39.6 Å². The second-order valence-corrected chi connectivity index (χ2v) is 27.5. The fourth-order valence-corrected chi connectivity index (χ4v) is 13.9. The molecule has 0 spiro atoms. The van der Waals surface area contributed by atoms with Gasteiger partial charge >= 0.3 is 11.6 Å². The molecule has 0 saturated carbocycles. The quantitative estimate of drug-likeness (QED) is 0.0906. The Balaban J connectivity index is 0.902. The van der Waals surface area contributed by atoms with Crippen molar-refractivity contribution < 1.29 is 49.1 Å². The average molecular weight is 1170 g/mol. The zero-order valence-corrected chi connectivity index (χ0v) is 48.8. The van der Waals surface area contributed by atoms with Crippen LogP contribution in [0.5, 0.6) is 0 Å². The summed E-state index contributed by atoms with van der Waals surface area (Å²) in [6.45, 7) is 19.8. The normalized spacial score (nSPS) is 20.9. The number of anilines is 2. The van der Waals surface area contributed by atoms with Gasteiger partial charge in [0.15, 0.2) is 0 Å². The van der Waals surface area contributed by atoms with E-state index in [0.29, 0.717) is 75.7 Å². The van der Waals surface area contributed by atoms with Gasteiger partial charge in [-0.1, -0.05) is 54.4 Å². The highest BCUT2D eigenvalue weighted by atomic mass is 35.5. The van der Waals surface area contributed by atoms with Gasteiger partial charge in [0.1, 0.15) is 10.5 Å². The summed E-state index contributed by atoms with van der Waals surface area (Å²) in [4.78, 5) is 36.2. The van der Waals surface area contributed by atoms with Crippen LogP contribution < -0.4 is 14.9 Å². The van der Waals surface area contributed by atoms with Crippen molar-refractivity contribution in [3.63, 3.8) is 0 Å². The molecule has 3 fully saturated rings. The van der Waals surface area contributed by atoms with Crippen LogP contribution >= 0.6 is 23.4 Å². The number of alkyl halides is 3. The number of piperazine rings is 2. The van der Waals surface area contributed by atoms with Crippen molar-refractivity contribution in [1.82, 2.24) is 24.3 Å². The number of hydrogen-bond acceptors (Lipinski definition) is 14. The van der Waals surface area contributed by atoms with E-state index in [2.05, 4.69) is 44.0 Å². The SMILES string of the molecule is CC1CN(CC[C@H](CSc2ccccc2)Nc2ccc(S(=O)(=O)NC(=O)c3ccc(N4CCN(CC5=C(c6ccc(Cl)cc6)CC[C@@](C)(CN6CCN(C(=O)OC(C)(C)C)CC6)C5)CC4)cc3)cc2S(=O)(=O)C(F)(F)F)CCO1. The lowest BCUT2D eigenvalue weighted by atomic mass is 9.71. The van der Waals surface area contributed by atoms with E-state index in [1.54, 1.807) is 17.0 Å². The van der Waals surface area contributed by atoms with Gasteiger partial charge in [0.2, 0.25) is 0 Å². The van der Waals surface area contributed by atoms with E-state index < -0.39 is 58.4 Å². The van der Waals surface area contributed by atoms with Crippen LogP contribution in [-0.4, -0.2) is 169 Å². The number of carbonyl (C=O) groups excluding carboxylic acids is 2. The average Bonchev–Trinajstić information content (AvgIpc) is 3.45. The van der Waals surface area contributed by atoms with Gasteiger partial charge in [-0.3, -0.25) is 19.5 Å². The van der Waals surface area contributed by atoms with Crippen molar-refractivity contribution in [2.75, 3.05) is 108 Å². The maximum atomic E-state index is 14.3. The van der Waals surface area contributed by atoms with Crippen LogP contribution in [0.2, 0.25) is 5.02 Å².